The largest absolute Gasteiger partial charge is 0.463 e. The number of hydrazone groups is 1. The molecule has 2 heterocycles. The second-order valence-corrected chi connectivity index (χ2v) is 12.5. The van der Waals surface area contributed by atoms with Crippen LogP contribution in [0.4, 0.5) is 5.13 Å². The number of hydrogen-bond donors (Lipinski definition) is 0. The van der Waals surface area contributed by atoms with E-state index in [1.54, 1.807) is 12.1 Å². The first kappa shape index (κ1) is 28.2. The van der Waals surface area contributed by atoms with E-state index in [1.807, 2.05) is 32.0 Å². The molecule has 0 unspecified atom stereocenters. The number of rotatable bonds is 12. The van der Waals surface area contributed by atoms with Crippen LogP contribution in [-0.2, 0) is 10.0 Å². The number of halogens is 1. The molecule has 0 aliphatic carbocycles. The number of nitrogens with zero attached hydrogens (tertiary/aromatic N) is 4. The lowest BCUT2D eigenvalue weighted by atomic mass is 10.2. The molecule has 2 aromatic carbocycles. The average Bonchev–Trinajstić information content (AvgIpc) is 3.58. The first-order chi connectivity index (χ1) is 18.3. The minimum Gasteiger partial charge on any atom is -0.463 e. The van der Waals surface area contributed by atoms with E-state index < -0.39 is 15.9 Å². The van der Waals surface area contributed by atoms with Crippen LogP contribution in [0.15, 0.2) is 79.7 Å². The van der Waals surface area contributed by atoms with E-state index in [0.717, 1.165) is 40.4 Å². The lowest BCUT2D eigenvalue weighted by molar-refractivity contribution is 0.0987. The van der Waals surface area contributed by atoms with Crippen LogP contribution < -0.4 is 5.01 Å². The van der Waals surface area contributed by atoms with Crippen molar-refractivity contribution in [3.05, 3.63) is 76.7 Å². The van der Waals surface area contributed by atoms with Crippen molar-refractivity contribution in [2.45, 2.75) is 44.4 Å². The molecule has 0 radical (unpaired) electrons. The number of benzene rings is 2. The minimum atomic E-state index is -3.67. The van der Waals surface area contributed by atoms with Gasteiger partial charge in [-0.25, -0.2) is 13.4 Å². The van der Waals surface area contributed by atoms with E-state index in [9.17, 15) is 13.2 Å². The number of unbranched alkanes of at least 4 members (excludes halogenated alkanes) is 2. The summed E-state index contributed by atoms with van der Waals surface area (Å²) in [6, 6.07) is 15.1. The maximum Gasteiger partial charge on any atom is 0.280 e. The summed E-state index contributed by atoms with van der Waals surface area (Å²) in [7, 11) is -3.67. The van der Waals surface area contributed by atoms with Gasteiger partial charge in [0.1, 0.15) is 5.76 Å². The molecule has 0 saturated heterocycles. The number of carbonyl (C=O) groups excluding carboxylic acids is 1. The van der Waals surface area contributed by atoms with Gasteiger partial charge in [-0.3, -0.25) is 4.79 Å². The van der Waals surface area contributed by atoms with Gasteiger partial charge in [0, 0.05) is 23.1 Å². The highest BCUT2D eigenvalue weighted by molar-refractivity contribution is 9.10. The molecular weight excluding hydrogens is 588 g/mol. The highest BCUT2D eigenvalue weighted by Crippen LogP contribution is 2.32. The highest BCUT2D eigenvalue weighted by Gasteiger charge is 2.25. The normalized spacial score (nSPS) is 12.1. The summed E-state index contributed by atoms with van der Waals surface area (Å²) < 4.78 is 35.3. The Morgan fingerprint density at radius 2 is 1.79 bits per heavy atom. The first-order valence-electron chi connectivity index (χ1n) is 12.4. The fourth-order valence-electron chi connectivity index (χ4n) is 3.71. The number of sulfonamides is 1. The lowest BCUT2D eigenvalue weighted by Gasteiger charge is -2.22. The van der Waals surface area contributed by atoms with Crippen LogP contribution in [0.2, 0.25) is 0 Å². The number of hydrogen-bond acceptors (Lipinski definition) is 7. The first-order valence-corrected chi connectivity index (χ1v) is 15.5. The molecule has 0 fully saturated rings. The second-order valence-electron chi connectivity index (χ2n) is 8.62. The average molecular weight is 618 g/mol. The van der Waals surface area contributed by atoms with Crippen LogP contribution in [0, 0.1) is 0 Å². The van der Waals surface area contributed by atoms with Crippen molar-refractivity contribution < 1.29 is 17.6 Å². The van der Waals surface area contributed by atoms with E-state index >= 15 is 0 Å². The van der Waals surface area contributed by atoms with Gasteiger partial charge < -0.3 is 4.42 Å². The third-order valence-electron chi connectivity index (χ3n) is 5.82. The molecule has 0 aliphatic rings. The van der Waals surface area contributed by atoms with Crippen molar-refractivity contribution in [2.24, 2.45) is 5.10 Å². The molecule has 0 bridgehead atoms. The summed E-state index contributed by atoms with van der Waals surface area (Å²) in [5, 5.41) is 5.96. The molecule has 0 spiro atoms. The summed E-state index contributed by atoms with van der Waals surface area (Å²) in [6.07, 6.45) is 6.36. The van der Waals surface area contributed by atoms with Crippen molar-refractivity contribution in [3.8, 4) is 0 Å². The van der Waals surface area contributed by atoms with Gasteiger partial charge in [-0.2, -0.15) is 14.4 Å². The number of amides is 1. The zero-order valence-corrected chi connectivity index (χ0v) is 24.4. The monoisotopic (exact) mass is 616 g/mol. The maximum atomic E-state index is 13.6. The lowest BCUT2D eigenvalue weighted by Crippen LogP contribution is -2.33. The fraction of sp³-hybridized carbons (Fsp3) is 0.296. The van der Waals surface area contributed by atoms with Gasteiger partial charge in [-0.1, -0.05) is 54.0 Å². The van der Waals surface area contributed by atoms with E-state index in [2.05, 4.69) is 26.0 Å². The van der Waals surface area contributed by atoms with Gasteiger partial charge in [-0.15, -0.1) is 0 Å². The Labute approximate surface area is 235 Å². The van der Waals surface area contributed by atoms with Gasteiger partial charge in [0.05, 0.1) is 27.6 Å². The van der Waals surface area contributed by atoms with Crippen LogP contribution in [0.25, 0.3) is 10.2 Å². The topological polar surface area (TPSA) is 96.1 Å². The molecule has 8 nitrogen and oxygen atoms in total. The Bertz CT molecular complexity index is 1490. The van der Waals surface area contributed by atoms with Gasteiger partial charge in [0.15, 0.2) is 0 Å². The molecule has 0 saturated carbocycles. The van der Waals surface area contributed by atoms with Crippen LogP contribution in [0.1, 0.15) is 55.6 Å². The molecule has 200 valence electrons. The third kappa shape index (κ3) is 6.58. The van der Waals surface area contributed by atoms with Crippen molar-refractivity contribution in [3.63, 3.8) is 0 Å². The SMILES string of the molecule is CCCCN(CCCC)S(=O)(=O)c1ccc(C(=O)N(/N=C/c2ccco2)c2nc3ccc(Br)cc3s2)cc1. The summed E-state index contributed by atoms with van der Waals surface area (Å²) in [4.78, 5) is 18.4. The number of fused-ring (bicyclic) bond motifs is 1. The molecule has 4 rings (SSSR count). The standard InChI is InChI=1S/C27H29BrN4O4S2/c1-3-5-15-31(16-6-4-2)38(34,35)23-12-9-20(10-13-23)26(33)32(29-19-22-8-7-17-36-22)27-30-24-14-11-21(28)18-25(24)37-27/h7-14,17-19H,3-6,15-16H2,1-2H3/b29-19+. The molecule has 2 aromatic heterocycles. The third-order valence-corrected chi connectivity index (χ3v) is 9.22. The summed E-state index contributed by atoms with van der Waals surface area (Å²) in [5.41, 5.74) is 1.02. The van der Waals surface area contributed by atoms with Crippen LogP contribution in [-0.4, -0.2) is 42.9 Å². The second kappa shape index (κ2) is 12.8. The Kier molecular flexibility index (Phi) is 9.48. The molecule has 4 aromatic rings. The quantitative estimate of drug-likeness (QED) is 0.127. The van der Waals surface area contributed by atoms with E-state index in [4.69, 9.17) is 4.42 Å². The Morgan fingerprint density at radius 3 is 2.42 bits per heavy atom. The molecule has 0 N–H and O–H groups in total. The number of furan rings is 1. The maximum absolute atomic E-state index is 13.6. The van der Waals surface area contributed by atoms with Gasteiger partial charge >= 0.3 is 0 Å². The number of carbonyl (C=O) groups is 1. The molecule has 1 amide bonds. The molecule has 0 aliphatic heterocycles. The van der Waals surface area contributed by atoms with Gasteiger partial charge in [0.25, 0.3) is 5.91 Å². The number of aromatic nitrogens is 1. The van der Waals surface area contributed by atoms with Crippen molar-refractivity contribution in [1.29, 1.82) is 0 Å². The van der Waals surface area contributed by atoms with E-state index in [1.165, 1.54) is 57.4 Å². The molecule has 0 atom stereocenters. The zero-order chi connectivity index (χ0) is 27.1. The number of anilines is 1. The van der Waals surface area contributed by atoms with Gasteiger partial charge in [-0.05, 0) is 67.4 Å². The number of thiazole rings is 1. The summed E-state index contributed by atoms with van der Waals surface area (Å²) in [5.74, 6) is 0.0380. The zero-order valence-electron chi connectivity index (χ0n) is 21.2. The minimum absolute atomic E-state index is 0.164. The molecule has 11 heteroatoms. The Balaban J connectivity index is 1.64. The van der Waals surface area contributed by atoms with Crippen molar-refractivity contribution >= 4 is 64.8 Å². The van der Waals surface area contributed by atoms with E-state index in [0.29, 0.717) is 24.0 Å². The van der Waals surface area contributed by atoms with Crippen LogP contribution >= 0.6 is 27.3 Å². The predicted molar refractivity (Wildman–Crippen MR) is 155 cm³/mol. The molecular formula is C27H29BrN4O4S2. The summed E-state index contributed by atoms with van der Waals surface area (Å²) >= 11 is 4.79. The van der Waals surface area contributed by atoms with E-state index in [-0.39, 0.29) is 10.5 Å². The summed E-state index contributed by atoms with van der Waals surface area (Å²) in [6.45, 7) is 5.02. The van der Waals surface area contributed by atoms with Crippen molar-refractivity contribution in [2.75, 3.05) is 18.1 Å². The van der Waals surface area contributed by atoms with Crippen LogP contribution in [0.5, 0.6) is 0 Å². The van der Waals surface area contributed by atoms with Gasteiger partial charge in [0.2, 0.25) is 15.2 Å². The highest BCUT2D eigenvalue weighted by atomic mass is 79.9. The Morgan fingerprint density at radius 1 is 1.08 bits per heavy atom. The van der Waals surface area contributed by atoms with Crippen molar-refractivity contribution in [1.82, 2.24) is 9.29 Å². The molecule has 38 heavy (non-hydrogen) atoms. The fourth-order valence-corrected chi connectivity index (χ4v) is 6.70. The van der Waals surface area contributed by atoms with Crippen LogP contribution in [0.3, 0.4) is 0 Å². The predicted octanol–water partition coefficient (Wildman–Crippen LogP) is 6.92. The Hall–Kier alpha value is -2.86. The smallest absolute Gasteiger partial charge is 0.280 e.